The lowest BCUT2D eigenvalue weighted by atomic mass is 9.97. The lowest BCUT2D eigenvalue weighted by Crippen LogP contribution is -2.60. The van der Waals surface area contributed by atoms with Gasteiger partial charge in [0.25, 0.3) is 0 Å². The second-order valence-electron chi connectivity index (χ2n) is 8.10. The third kappa shape index (κ3) is 8.27. The van der Waals surface area contributed by atoms with Crippen molar-refractivity contribution in [2.75, 3.05) is 6.61 Å². The van der Waals surface area contributed by atoms with Crippen LogP contribution < -0.4 is 21.7 Å². The van der Waals surface area contributed by atoms with Crippen LogP contribution >= 0.6 is 0 Å². The molecule has 0 aliphatic carbocycles. The maximum absolute atomic E-state index is 12.7. The molecular formula is C20H38N4O6. The number of aliphatic hydroxyl groups excluding tert-OH is 1. The molecule has 174 valence electrons. The average Bonchev–Trinajstić information content (AvgIpc) is 2.70. The van der Waals surface area contributed by atoms with Gasteiger partial charge in [0.15, 0.2) is 0 Å². The molecule has 0 aromatic carbocycles. The van der Waals surface area contributed by atoms with Gasteiger partial charge in [0.05, 0.1) is 12.6 Å². The normalized spacial score (nSPS) is 17.2. The van der Waals surface area contributed by atoms with Gasteiger partial charge in [-0.25, -0.2) is 4.79 Å². The van der Waals surface area contributed by atoms with Gasteiger partial charge >= 0.3 is 5.97 Å². The maximum atomic E-state index is 12.7. The van der Waals surface area contributed by atoms with Crippen molar-refractivity contribution in [3.8, 4) is 0 Å². The maximum Gasteiger partial charge on any atom is 0.326 e. The summed E-state index contributed by atoms with van der Waals surface area (Å²) in [6.07, 6.45) is 1.21. The topological polar surface area (TPSA) is 171 Å². The van der Waals surface area contributed by atoms with Crippen LogP contribution in [0.25, 0.3) is 0 Å². The summed E-state index contributed by atoms with van der Waals surface area (Å²) in [5, 5.41) is 26.3. The molecule has 0 saturated carbocycles. The van der Waals surface area contributed by atoms with Crippen molar-refractivity contribution >= 4 is 23.7 Å². The van der Waals surface area contributed by atoms with E-state index in [1.54, 1.807) is 27.7 Å². The molecule has 0 aliphatic rings. The van der Waals surface area contributed by atoms with E-state index >= 15 is 0 Å². The van der Waals surface area contributed by atoms with Crippen LogP contribution in [0.2, 0.25) is 0 Å². The molecule has 7 N–H and O–H groups in total. The quantitative estimate of drug-likeness (QED) is 0.231. The highest BCUT2D eigenvalue weighted by molar-refractivity contribution is 5.94. The summed E-state index contributed by atoms with van der Waals surface area (Å²) in [4.78, 5) is 48.9. The highest BCUT2D eigenvalue weighted by Gasteiger charge is 2.33. The summed E-state index contributed by atoms with van der Waals surface area (Å²) in [7, 11) is 0. The Hall–Kier alpha value is -2.20. The van der Waals surface area contributed by atoms with Crippen LogP contribution in [0.15, 0.2) is 0 Å². The summed E-state index contributed by atoms with van der Waals surface area (Å²) in [6, 6.07) is -4.26. The Kier molecular flexibility index (Phi) is 12.2. The second kappa shape index (κ2) is 13.2. The molecule has 0 aromatic heterocycles. The average molecular weight is 431 g/mol. The number of carboxylic acid groups (broad SMARTS) is 1. The summed E-state index contributed by atoms with van der Waals surface area (Å²) in [5.41, 5.74) is 5.85. The minimum atomic E-state index is -1.29. The zero-order chi connectivity index (χ0) is 23.6. The Morgan fingerprint density at radius 3 is 1.70 bits per heavy atom. The molecule has 6 atom stereocenters. The number of hydrogen-bond acceptors (Lipinski definition) is 6. The molecule has 0 rings (SSSR count). The van der Waals surface area contributed by atoms with Crippen molar-refractivity contribution in [2.45, 2.75) is 78.6 Å². The van der Waals surface area contributed by atoms with E-state index in [2.05, 4.69) is 16.0 Å². The van der Waals surface area contributed by atoms with E-state index in [1.165, 1.54) is 0 Å². The Morgan fingerprint density at radius 2 is 1.30 bits per heavy atom. The van der Waals surface area contributed by atoms with Gasteiger partial charge in [0, 0.05) is 0 Å². The largest absolute Gasteiger partial charge is 0.480 e. The first-order valence-electron chi connectivity index (χ1n) is 10.4. The Bertz CT molecular complexity index is 598. The van der Waals surface area contributed by atoms with Crippen LogP contribution in [0.4, 0.5) is 0 Å². The van der Waals surface area contributed by atoms with Crippen LogP contribution in [-0.4, -0.2) is 64.7 Å². The van der Waals surface area contributed by atoms with E-state index < -0.39 is 54.5 Å². The first-order valence-corrected chi connectivity index (χ1v) is 10.4. The summed E-state index contributed by atoms with van der Waals surface area (Å²) in [5.74, 6) is -3.93. The fraction of sp³-hybridized carbons (Fsp3) is 0.800. The Labute approximate surface area is 178 Å². The van der Waals surface area contributed by atoms with Crippen molar-refractivity contribution < 1.29 is 29.4 Å². The van der Waals surface area contributed by atoms with Gasteiger partial charge in [-0.2, -0.15) is 0 Å². The smallest absolute Gasteiger partial charge is 0.326 e. The molecule has 3 amide bonds. The number of aliphatic hydroxyl groups is 1. The van der Waals surface area contributed by atoms with Gasteiger partial charge in [-0.15, -0.1) is 0 Å². The summed E-state index contributed by atoms with van der Waals surface area (Å²) >= 11 is 0. The van der Waals surface area contributed by atoms with Crippen molar-refractivity contribution in [3.05, 3.63) is 0 Å². The summed E-state index contributed by atoms with van der Waals surface area (Å²) in [6.45, 7) is 9.90. The van der Waals surface area contributed by atoms with E-state index in [-0.39, 0.29) is 17.8 Å². The fourth-order valence-electron chi connectivity index (χ4n) is 2.69. The number of aliphatic carboxylic acids is 1. The number of carbonyl (C=O) groups excluding carboxylic acids is 3. The van der Waals surface area contributed by atoms with Gasteiger partial charge in [-0.1, -0.05) is 54.4 Å². The molecule has 0 radical (unpaired) electrons. The minimum absolute atomic E-state index is 0.116. The van der Waals surface area contributed by atoms with Crippen LogP contribution in [0.3, 0.4) is 0 Å². The van der Waals surface area contributed by atoms with Gasteiger partial charge in [0.1, 0.15) is 18.1 Å². The summed E-state index contributed by atoms with van der Waals surface area (Å²) < 4.78 is 0. The third-order valence-electron chi connectivity index (χ3n) is 5.40. The highest BCUT2D eigenvalue weighted by atomic mass is 16.4. The van der Waals surface area contributed by atoms with E-state index in [0.717, 1.165) is 0 Å². The molecule has 0 fully saturated rings. The number of carboxylic acids is 1. The van der Waals surface area contributed by atoms with Crippen LogP contribution in [0, 0.1) is 17.8 Å². The number of hydrogen-bond donors (Lipinski definition) is 6. The molecular weight excluding hydrogens is 392 g/mol. The van der Waals surface area contributed by atoms with E-state index in [9.17, 15) is 29.4 Å². The third-order valence-corrected chi connectivity index (χ3v) is 5.40. The zero-order valence-corrected chi connectivity index (χ0v) is 18.8. The molecule has 10 nitrogen and oxygen atoms in total. The van der Waals surface area contributed by atoms with E-state index in [1.807, 2.05) is 13.8 Å². The lowest BCUT2D eigenvalue weighted by molar-refractivity contribution is -0.144. The minimum Gasteiger partial charge on any atom is -0.480 e. The van der Waals surface area contributed by atoms with Crippen LogP contribution in [-0.2, 0) is 19.2 Å². The molecule has 30 heavy (non-hydrogen) atoms. The number of carbonyl (C=O) groups is 4. The second-order valence-corrected chi connectivity index (χ2v) is 8.10. The molecule has 6 unspecified atom stereocenters. The molecule has 0 heterocycles. The number of amides is 3. The van der Waals surface area contributed by atoms with Crippen molar-refractivity contribution in [1.29, 1.82) is 0 Å². The van der Waals surface area contributed by atoms with Crippen molar-refractivity contribution in [1.82, 2.24) is 16.0 Å². The predicted molar refractivity (Wildman–Crippen MR) is 112 cm³/mol. The predicted octanol–water partition coefficient (Wildman–Crippen LogP) is -0.407. The van der Waals surface area contributed by atoms with Gasteiger partial charge in [0.2, 0.25) is 17.7 Å². The van der Waals surface area contributed by atoms with Crippen molar-refractivity contribution in [2.24, 2.45) is 23.5 Å². The molecule has 0 aromatic rings. The first-order chi connectivity index (χ1) is 13.9. The Morgan fingerprint density at radius 1 is 0.800 bits per heavy atom. The molecule has 0 aliphatic heterocycles. The molecule has 10 heteroatoms. The molecule has 0 saturated heterocycles. The van der Waals surface area contributed by atoms with Crippen LogP contribution in [0.1, 0.15) is 54.4 Å². The standard InChI is InChI=1S/C20H38N4O6/c1-7-11(5)14(21)18(27)22-13(9-25)17(26)23-15(10(3)4)19(28)24-16(20(29)30)12(6)8-2/h10-16,25H,7-9,21H2,1-6H3,(H,22,27)(H,23,26)(H,24,28)(H,29,30). The molecule has 0 spiro atoms. The van der Waals surface area contributed by atoms with Gasteiger partial charge in [-0.05, 0) is 17.8 Å². The first kappa shape index (κ1) is 27.8. The van der Waals surface area contributed by atoms with Gasteiger partial charge in [-0.3, -0.25) is 14.4 Å². The number of rotatable bonds is 13. The molecule has 0 bridgehead atoms. The number of nitrogens with two attached hydrogens (primary N) is 1. The van der Waals surface area contributed by atoms with Crippen molar-refractivity contribution in [3.63, 3.8) is 0 Å². The fourth-order valence-corrected chi connectivity index (χ4v) is 2.69. The van der Waals surface area contributed by atoms with E-state index in [0.29, 0.717) is 12.8 Å². The monoisotopic (exact) mass is 430 g/mol. The zero-order valence-electron chi connectivity index (χ0n) is 18.8. The Balaban J connectivity index is 5.26. The lowest BCUT2D eigenvalue weighted by Gasteiger charge is -2.28. The highest BCUT2D eigenvalue weighted by Crippen LogP contribution is 2.10. The number of nitrogens with one attached hydrogen (secondary N) is 3. The SMILES string of the molecule is CCC(C)C(N)C(=O)NC(CO)C(=O)NC(C(=O)NC(C(=O)O)C(C)CC)C(C)C. The van der Waals surface area contributed by atoms with Gasteiger partial charge < -0.3 is 31.9 Å². The van der Waals surface area contributed by atoms with Crippen LogP contribution in [0.5, 0.6) is 0 Å². The van der Waals surface area contributed by atoms with E-state index in [4.69, 9.17) is 5.73 Å².